The van der Waals surface area contributed by atoms with Crippen LogP contribution in [0.5, 0.6) is 0 Å². The Morgan fingerprint density at radius 3 is 2.72 bits per heavy atom. The normalized spacial score (nSPS) is 17.6. The Kier molecular flexibility index (Phi) is 4.40. The van der Waals surface area contributed by atoms with Gasteiger partial charge in [0.25, 0.3) is 5.91 Å². The molecular formula is C22H13ClFN3O5. The van der Waals surface area contributed by atoms with Crippen LogP contribution in [0, 0.1) is 5.82 Å². The molecule has 1 atom stereocenters. The van der Waals surface area contributed by atoms with Crippen molar-refractivity contribution >= 4 is 46.4 Å². The average molecular weight is 454 g/mol. The third kappa shape index (κ3) is 2.83. The molecule has 1 aromatic heterocycles. The van der Waals surface area contributed by atoms with Crippen LogP contribution in [0.2, 0.25) is 5.02 Å². The predicted molar refractivity (Wildman–Crippen MR) is 113 cm³/mol. The maximum absolute atomic E-state index is 15.0. The molecule has 10 heteroatoms. The summed E-state index contributed by atoms with van der Waals surface area (Å²) in [6.07, 6.45) is -1.35. The Morgan fingerprint density at radius 1 is 1.16 bits per heavy atom. The summed E-state index contributed by atoms with van der Waals surface area (Å²) in [5.41, 5.74) is -1.18. The first-order valence-corrected chi connectivity index (χ1v) is 9.70. The molecule has 0 bridgehead atoms. The van der Waals surface area contributed by atoms with Crippen molar-refractivity contribution in [1.82, 2.24) is 4.98 Å². The zero-order valence-corrected chi connectivity index (χ0v) is 16.8. The minimum Gasteiger partial charge on any atom is -0.465 e. The fourth-order valence-corrected chi connectivity index (χ4v) is 4.05. The summed E-state index contributed by atoms with van der Waals surface area (Å²) in [5, 5.41) is 22.6. The van der Waals surface area contributed by atoms with E-state index in [1.807, 2.05) is 5.32 Å². The van der Waals surface area contributed by atoms with Gasteiger partial charge in [0.05, 0.1) is 10.7 Å². The number of carbonyl (C=O) groups excluding carboxylic acids is 1. The molecule has 1 aliphatic heterocycles. The number of nitrogens with zero attached hydrogens (tertiary/aromatic N) is 2. The lowest BCUT2D eigenvalue weighted by Crippen LogP contribution is -2.45. The van der Waals surface area contributed by atoms with Crippen molar-refractivity contribution in [3.05, 3.63) is 88.2 Å². The largest absolute Gasteiger partial charge is 0.465 e. The highest BCUT2D eigenvalue weighted by atomic mass is 35.5. The molecular weight excluding hydrogens is 441 g/mol. The molecule has 3 N–H and O–H groups in total. The second-order valence-electron chi connectivity index (χ2n) is 7.06. The number of rotatable bonds is 3. The van der Waals surface area contributed by atoms with Gasteiger partial charge in [0.1, 0.15) is 5.52 Å². The Morgan fingerprint density at radius 2 is 1.94 bits per heavy atom. The van der Waals surface area contributed by atoms with E-state index in [1.54, 1.807) is 18.2 Å². The first-order valence-electron chi connectivity index (χ1n) is 9.32. The van der Waals surface area contributed by atoms with E-state index in [2.05, 4.69) is 4.98 Å². The number of aromatic nitrogens is 1. The van der Waals surface area contributed by atoms with E-state index in [4.69, 9.17) is 21.1 Å². The molecule has 8 nitrogen and oxygen atoms in total. The maximum Gasteiger partial charge on any atom is 0.412 e. The molecule has 0 spiro atoms. The Bertz CT molecular complexity index is 1420. The number of aliphatic hydroxyl groups is 1. The van der Waals surface area contributed by atoms with Gasteiger partial charge in [-0.2, -0.15) is 4.98 Å². The van der Waals surface area contributed by atoms with Gasteiger partial charge in [-0.05, 0) is 36.4 Å². The van der Waals surface area contributed by atoms with Crippen molar-refractivity contribution in [3.8, 4) is 0 Å². The molecule has 160 valence electrons. The molecule has 1 unspecified atom stereocenters. The van der Waals surface area contributed by atoms with Gasteiger partial charge in [0.15, 0.2) is 17.1 Å². The van der Waals surface area contributed by atoms with E-state index in [0.29, 0.717) is 0 Å². The lowest BCUT2D eigenvalue weighted by molar-refractivity contribution is 0.0699. The molecule has 4 aromatic rings. The Labute approximate surface area is 184 Å². The number of amides is 2. The molecule has 2 amide bonds. The number of carboxylic acid groups (broad SMARTS) is 1. The van der Waals surface area contributed by atoms with Crippen LogP contribution in [0.3, 0.4) is 0 Å². The summed E-state index contributed by atoms with van der Waals surface area (Å²) in [6, 6.07) is 14.7. The highest BCUT2D eigenvalue weighted by Crippen LogP contribution is 2.46. The van der Waals surface area contributed by atoms with Crippen molar-refractivity contribution in [2.45, 2.75) is 5.72 Å². The Balaban J connectivity index is 1.74. The van der Waals surface area contributed by atoms with Crippen LogP contribution in [0.25, 0.3) is 11.1 Å². The van der Waals surface area contributed by atoms with E-state index in [1.165, 1.54) is 42.5 Å². The fourth-order valence-electron chi connectivity index (χ4n) is 3.88. The highest BCUT2D eigenvalue weighted by Gasteiger charge is 2.51. The first-order chi connectivity index (χ1) is 15.3. The van der Waals surface area contributed by atoms with E-state index in [0.717, 1.165) is 4.90 Å². The van der Waals surface area contributed by atoms with Gasteiger partial charge in [-0.3, -0.25) is 9.69 Å². The summed E-state index contributed by atoms with van der Waals surface area (Å²) >= 11 is 5.94. The van der Waals surface area contributed by atoms with Gasteiger partial charge >= 0.3 is 12.1 Å². The third-order valence-electron chi connectivity index (χ3n) is 5.24. The number of benzene rings is 3. The minimum atomic E-state index is -2.09. The van der Waals surface area contributed by atoms with Gasteiger partial charge in [0.2, 0.25) is 0 Å². The lowest BCUT2D eigenvalue weighted by atomic mass is 9.93. The SMILES string of the molecule is O=C(O)Nc1nc2cc(C3(O)c4ccccc4C(=O)N3c3cccc(Cl)c3F)ccc2o1. The van der Waals surface area contributed by atoms with Gasteiger partial charge in [-0.1, -0.05) is 35.9 Å². The van der Waals surface area contributed by atoms with Crippen LogP contribution in [-0.2, 0) is 5.72 Å². The van der Waals surface area contributed by atoms with E-state index < -0.39 is 23.5 Å². The summed E-state index contributed by atoms with van der Waals surface area (Å²) < 4.78 is 20.3. The molecule has 0 aliphatic carbocycles. The van der Waals surface area contributed by atoms with Crippen LogP contribution in [0.4, 0.5) is 20.9 Å². The van der Waals surface area contributed by atoms with Crippen LogP contribution < -0.4 is 10.2 Å². The molecule has 0 saturated heterocycles. The lowest BCUT2D eigenvalue weighted by Gasteiger charge is -2.35. The zero-order chi connectivity index (χ0) is 22.6. The van der Waals surface area contributed by atoms with Crippen molar-refractivity contribution < 1.29 is 28.6 Å². The predicted octanol–water partition coefficient (Wildman–Crippen LogP) is 4.56. The van der Waals surface area contributed by atoms with Crippen LogP contribution in [-0.4, -0.2) is 27.2 Å². The summed E-state index contributed by atoms with van der Waals surface area (Å²) in [6.45, 7) is 0. The van der Waals surface area contributed by atoms with Crippen LogP contribution in [0.15, 0.2) is 65.1 Å². The number of oxazole rings is 1. The molecule has 5 rings (SSSR count). The molecule has 0 fully saturated rings. The summed E-state index contributed by atoms with van der Waals surface area (Å²) in [4.78, 5) is 29.1. The highest BCUT2D eigenvalue weighted by molar-refractivity contribution is 6.31. The molecule has 0 radical (unpaired) electrons. The average Bonchev–Trinajstić information content (AvgIpc) is 3.26. The van der Waals surface area contributed by atoms with Crippen LogP contribution >= 0.6 is 11.6 Å². The number of carbonyl (C=O) groups is 2. The molecule has 2 heterocycles. The monoisotopic (exact) mass is 453 g/mol. The number of fused-ring (bicyclic) bond motifs is 2. The van der Waals surface area contributed by atoms with Crippen molar-refractivity contribution in [3.63, 3.8) is 0 Å². The molecule has 3 aromatic carbocycles. The quantitative estimate of drug-likeness (QED) is 0.418. The standard InChI is InChI=1S/C22H13ClFN3O5/c23-14-6-3-7-16(18(14)24)27-19(28)12-4-1-2-5-13(12)22(27,31)11-8-9-17-15(10-11)25-20(32-17)26-21(29)30/h1-10,31H,(H,25,26)(H,29,30). The first kappa shape index (κ1) is 20.0. The van der Waals surface area contributed by atoms with Crippen LogP contribution in [0.1, 0.15) is 21.5 Å². The fraction of sp³-hybridized carbons (Fsp3) is 0.0455. The van der Waals surface area contributed by atoms with E-state index in [9.17, 15) is 19.1 Å². The Hall–Kier alpha value is -3.95. The molecule has 32 heavy (non-hydrogen) atoms. The van der Waals surface area contributed by atoms with Crippen molar-refractivity contribution in [2.24, 2.45) is 0 Å². The van der Waals surface area contributed by atoms with Gasteiger partial charge < -0.3 is 14.6 Å². The zero-order valence-electron chi connectivity index (χ0n) is 16.0. The molecule has 1 aliphatic rings. The van der Waals surface area contributed by atoms with Gasteiger partial charge in [-0.15, -0.1) is 0 Å². The van der Waals surface area contributed by atoms with E-state index >= 15 is 0 Å². The third-order valence-corrected chi connectivity index (χ3v) is 5.53. The number of nitrogens with one attached hydrogen (secondary N) is 1. The maximum atomic E-state index is 15.0. The minimum absolute atomic E-state index is 0.192. The number of anilines is 2. The van der Waals surface area contributed by atoms with E-state index in [-0.39, 0.29) is 44.5 Å². The molecule has 0 saturated carbocycles. The van der Waals surface area contributed by atoms with Crippen molar-refractivity contribution in [1.29, 1.82) is 0 Å². The number of halogens is 2. The second-order valence-corrected chi connectivity index (χ2v) is 7.47. The van der Waals surface area contributed by atoms with Gasteiger partial charge in [0, 0.05) is 16.7 Å². The summed E-state index contributed by atoms with van der Waals surface area (Å²) in [7, 11) is 0. The number of hydrogen-bond acceptors (Lipinski definition) is 5. The van der Waals surface area contributed by atoms with Gasteiger partial charge in [-0.25, -0.2) is 14.5 Å². The topological polar surface area (TPSA) is 116 Å². The number of hydrogen-bond donors (Lipinski definition) is 3. The van der Waals surface area contributed by atoms with Crippen molar-refractivity contribution in [2.75, 3.05) is 10.2 Å². The smallest absolute Gasteiger partial charge is 0.412 e. The summed E-state index contributed by atoms with van der Waals surface area (Å²) in [5.74, 6) is -1.47. The second kappa shape index (κ2) is 7.04.